The van der Waals surface area contributed by atoms with Crippen molar-refractivity contribution in [1.82, 2.24) is 10.2 Å². The highest BCUT2D eigenvalue weighted by atomic mass is 16.2. The van der Waals surface area contributed by atoms with E-state index in [9.17, 15) is 9.59 Å². The molecule has 2 amide bonds. The van der Waals surface area contributed by atoms with Crippen molar-refractivity contribution in [2.24, 2.45) is 11.8 Å². The van der Waals surface area contributed by atoms with E-state index in [0.29, 0.717) is 35.3 Å². The molecule has 0 spiro atoms. The van der Waals surface area contributed by atoms with Gasteiger partial charge in [-0.1, -0.05) is 45.0 Å². The topological polar surface area (TPSA) is 61.4 Å². The van der Waals surface area contributed by atoms with Crippen molar-refractivity contribution < 1.29 is 9.59 Å². The number of likely N-dealkylation sites (tertiary alicyclic amines) is 1. The van der Waals surface area contributed by atoms with Gasteiger partial charge >= 0.3 is 0 Å². The Labute approximate surface area is 186 Å². The maximum atomic E-state index is 12.9. The fraction of sp³-hybridized carbons (Fsp3) is 0.462. The van der Waals surface area contributed by atoms with Crippen LogP contribution in [0.25, 0.3) is 0 Å². The zero-order valence-electron chi connectivity index (χ0n) is 19.2. The molecule has 5 heteroatoms. The highest BCUT2D eigenvalue weighted by Gasteiger charge is 2.26. The van der Waals surface area contributed by atoms with Crippen molar-refractivity contribution in [2.75, 3.05) is 25.0 Å². The number of nitrogens with zero attached hydrogens (tertiary/aromatic N) is 1. The molecule has 3 rings (SSSR count). The van der Waals surface area contributed by atoms with Crippen molar-refractivity contribution in [2.45, 2.75) is 46.6 Å². The van der Waals surface area contributed by atoms with Gasteiger partial charge in [0.25, 0.3) is 11.8 Å². The van der Waals surface area contributed by atoms with E-state index in [-0.39, 0.29) is 11.8 Å². The molecule has 31 heavy (non-hydrogen) atoms. The molecule has 166 valence electrons. The first-order valence-corrected chi connectivity index (χ1v) is 11.3. The third-order valence-corrected chi connectivity index (χ3v) is 6.31. The smallest absolute Gasteiger partial charge is 0.255 e. The summed E-state index contributed by atoms with van der Waals surface area (Å²) in [5.74, 6) is 0.967. The lowest BCUT2D eigenvalue weighted by Crippen LogP contribution is -2.49. The minimum absolute atomic E-state index is 0.105. The summed E-state index contributed by atoms with van der Waals surface area (Å²) in [4.78, 5) is 27.9. The van der Waals surface area contributed by atoms with E-state index in [0.717, 1.165) is 24.6 Å². The van der Waals surface area contributed by atoms with Crippen LogP contribution in [-0.2, 0) is 0 Å². The first-order valence-electron chi connectivity index (χ1n) is 11.3. The molecular formula is C26H35N3O2. The molecule has 1 atom stereocenters. The van der Waals surface area contributed by atoms with Crippen molar-refractivity contribution in [1.29, 1.82) is 0 Å². The SMILES string of the molecule is Cc1ccc(C(=O)NCC(C(C)C)N2CCC(C)CC2)cc1NC(=O)c1ccccc1. The number of amides is 2. The van der Waals surface area contributed by atoms with Crippen LogP contribution in [0.15, 0.2) is 48.5 Å². The van der Waals surface area contributed by atoms with Crippen LogP contribution in [0.2, 0.25) is 0 Å². The van der Waals surface area contributed by atoms with E-state index < -0.39 is 0 Å². The number of rotatable bonds is 7. The third-order valence-electron chi connectivity index (χ3n) is 6.31. The van der Waals surface area contributed by atoms with Crippen LogP contribution in [0.5, 0.6) is 0 Å². The summed E-state index contributed by atoms with van der Waals surface area (Å²) < 4.78 is 0. The van der Waals surface area contributed by atoms with Gasteiger partial charge in [0.1, 0.15) is 0 Å². The Kier molecular flexibility index (Phi) is 7.85. The lowest BCUT2D eigenvalue weighted by atomic mass is 9.94. The van der Waals surface area contributed by atoms with Gasteiger partial charge < -0.3 is 10.6 Å². The molecule has 0 aromatic heterocycles. The predicted molar refractivity (Wildman–Crippen MR) is 127 cm³/mol. The van der Waals surface area contributed by atoms with Crippen LogP contribution in [-0.4, -0.2) is 42.4 Å². The monoisotopic (exact) mass is 421 g/mol. The van der Waals surface area contributed by atoms with E-state index in [1.807, 2.05) is 37.3 Å². The standard InChI is InChI=1S/C26H35N3O2/c1-18(2)24(29-14-12-19(3)13-15-29)17-27-25(30)22-11-10-20(4)23(16-22)28-26(31)21-8-6-5-7-9-21/h5-11,16,18-19,24H,12-15,17H2,1-4H3,(H,27,30)(H,28,31). The number of carbonyl (C=O) groups excluding carboxylic acids is 2. The van der Waals surface area contributed by atoms with Crippen LogP contribution in [0.3, 0.4) is 0 Å². The number of hydrogen-bond acceptors (Lipinski definition) is 3. The maximum absolute atomic E-state index is 12.9. The van der Waals surface area contributed by atoms with Crippen LogP contribution in [0.4, 0.5) is 5.69 Å². The molecule has 2 aromatic carbocycles. The fourth-order valence-electron chi connectivity index (χ4n) is 4.13. The van der Waals surface area contributed by atoms with Gasteiger partial charge in [0.2, 0.25) is 0 Å². The van der Waals surface area contributed by atoms with Crippen molar-refractivity contribution in [3.63, 3.8) is 0 Å². The molecule has 1 unspecified atom stereocenters. The fourth-order valence-corrected chi connectivity index (χ4v) is 4.13. The molecule has 5 nitrogen and oxygen atoms in total. The van der Waals surface area contributed by atoms with Gasteiger partial charge in [0, 0.05) is 29.4 Å². The van der Waals surface area contributed by atoms with Gasteiger partial charge in [-0.05, 0) is 74.5 Å². The van der Waals surface area contributed by atoms with Gasteiger partial charge in [-0.2, -0.15) is 0 Å². The van der Waals surface area contributed by atoms with Gasteiger partial charge in [0.05, 0.1) is 0 Å². The van der Waals surface area contributed by atoms with Crippen molar-refractivity contribution in [3.05, 3.63) is 65.2 Å². The highest BCUT2D eigenvalue weighted by molar-refractivity contribution is 6.05. The molecule has 0 aliphatic carbocycles. The number of carbonyl (C=O) groups is 2. The lowest BCUT2D eigenvalue weighted by molar-refractivity contribution is 0.0862. The second-order valence-corrected chi connectivity index (χ2v) is 9.09. The minimum atomic E-state index is -0.180. The Morgan fingerprint density at radius 1 is 1.00 bits per heavy atom. The second kappa shape index (κ2) is 10.6. The summed E-state index contributed by atoms with van der Waals surface area (Å²) in [7, 11) is 0. The third kappa shape index (κ3) is 6.17. The average molecular weight is 422 g/mol. The lowest BCUT2D eigenvalue weighted by Gasteiger charge is -2.38. The average Bonchev–Trinajstić information content (AvgIpc) is 2.76. The molecule has 1 saturated heterocycles. The molecule has 2 N–H and O–H groups in total. The van der Waals surface area contributed by atoms with Crippen LogP contribution < -0.4 is 10.6 Å². The summed E-state index contributed by atoms with van der Waals surface area (Å²) in [5.41, 5.74) is 2.73. The summed E-state index contributed by atoms with van der Waals surface area (Å²) in [6, 6.07) is 14.9. The van der Waals surface area contributed by atoms with Gasteiger partial charge in [-0.3, -0.25) is 14.5 Å². The Bertz CT molecular complexity index is 887. The first kappa shape index (κ1) is 23.0. The van der Waals surface area contributed by atoms with E-state index in [1.165, 1.54) is 12.8 Å². The molecule has 1 heterocycles. The zero-order chi connectivity index (χ0) is 22.4. The molecule has 1 aliphatic rings. The predicted octanol–water partition coefficient (Wildman–Crippen LogP) is 4.73. The normalized spacial score (nSPS) is 16.2. The van der Waals surface area contributed by atoms with Crippen LogP contribution in [0, 0.1) is 18.8 Å². The molecule has 0 bridgehead atoms. The van der Waals surface area contributed by atoms with Crippen molar-refractivity contribution >= 4 is 17.5 Å². The number of nitrogens with one attached hydrogen (secondary N) is 2. The van der Waals surface area contributed by atoms with Gasteiger partial charge in [-0.15, -0.1) is 0 Å². The van der Waals surface area contributed by atoms with Gasteiger partial charge in [0.15, 0.2) is 0 Å². The number of hydrogen-bond donors (Lipinski definition) is 2. The number of piperidine rings is 1. The quantitative estimate of drug-likeness (QED) is 0.679. The van der Waals surface area contributed by atoms with Crippen molar-refractivity contribution in [3.8, 4) is 0 Å². The largest absolute Gasteiger partial charge is 0.350 e. The molecule has 1 aliphatic heterocycles. The maximum Gasteiger partial charge on any atom is 0.255 e. The zero-order valence-corrected chi connectivity index (χ0v) is 19.2. The first-order chi connectivity index (χ1) is 14.8. The Morgan fingerprint density at radius 2 is 1.68 bits per heavy atom. The molecule has 2 aromatic rings. The summed E-state index contributed by atoms with van der Waals surface area (Å²) in [6.45, 7) is 11.5. The summed E-state index contributed by atoms with van der Waals surface area (Å²) >= 11 is 0. The Balaban J connectivity index is 1.64. The van der Waals surface area contributed by atoms with E-state index in [2.05, 4.69) is 36.3 Å². The van der Waals surface area contributed by atoms with E-state index in [4.69, 9.17) is 0 Å². The molecule has 1 fully saturated rings. The van der Waals surface area contributed by atoms with E-state index in [1.54, 1.807) is 18.2 Å². The van der Waals surface area contributed by atoms with Crippen LogP contribution in [0.1, 0.15) is 59.9 Å². The number of anilines is 1. The van der Waals surface area contributed by atoms with E-state index >= 15 is 0 Å². The summed E-state index contributed by atoms with van der Waals surface area (Å²) in [6.07, 6.45) is 2.44. The number of benzene rings is 2. The second-order valence-electron chi connectivity index (χ2n) is 9.09. The Morgan fingerprint density at radius 3 is 2.32 bits per heavy atom. The molecule has 0 saturated carbocycles. The van der Waals surface area contributed by atoms with Crippen LogP contribution >= 0.6 is 0 Å². The molecule has 0 radical (unpaired) electrons. The highest BCUT2D eigenvalue weighted by Crippen LogP contribution is 2.22. The minimum Gasteiger partial charge on any atom is -0.350 e. The Hall–Kier alpha value is -2.66. The van der Waals surface area contributed by atoms with Gasteiger partial charge in [-0.25, -0.2) is 0 Å². The summed E-state index contributed by atoms with van der Waals surface area (Å²) in [5, 5.41) is 6.06. The molecular weight excluding hydrogens is 386 g/mol. The number of aryl methyl sites for hydroxylation is 1.